The number of nitrogens with one attached hydrogen (secondary N) is 1. The number of amides is 1. The average Bonchev–Trinajstić information content (AvgIpc) is 3.50. The number of aromatic carboxylic acids is 1. The molecular weight excluding hydrogens is 641 g/mol. The van der Waals surface area contributed by atoms with Gasteiger partial charge in [-0.1, -0.05) is 43.1 Å². The summed E-state index contributed by atoms with van der Waals surface area (Å²) in [6.45, 7) is 3.84. The van der Waals surface area contributed by atoms with E-state index >= 15 is 4.39 Å². The maximum absolute atomic E-state index is 16.1. The number of nitrogens with zero attached hydrogens (tertiary/aromatic N) is 2. The van der Waals surface area contributed by atoms with Gasteiger partial charge in [0.15, 0.2) is 11.0 Å². The van der Waals surface area contributed by atoms with Gasteiger partial charge in [0.05, 0.1) is 5.56 Å². The summed E-state index contributed by atoms with van der Waals surface area (Å²) in [5.41, 5.74) is 5.33. The number of benzene rings is 4. The fraction of sp³-hybridized carbons (Fsp3) is 0.325. The van der Waals surface area contributed by atoms with E-state index in [0.29, 0.717) is 39.2 Å². The highest BCUT2D eigenvalue weighted by Gasteiger charge is 2.31. The van der Waals surface area contributed by atoms with Crippen LogP contribution < -0.4 is 9.30 Å². The van der Waals surface area contributed by atoms with Crippen LogP contribution in [0.2, 0.25) is 5.02 Å². The van der Waals surface area contributed by atoms with Crippen molar-refractivity contribution in [3.05, 3.63) is 106 Å². The van der Waals surface area contributed by atoms with Crippen molar-refractivity contribution >= 4 is 34.5 Å². The second-order valence-electron chi connectivity index (χ2n) is 13.5. The van der Waals surface area contributed by atoms with Crippen molar-refractivity contribution in [2.24, 2.45) is 5.92 Å². The van der Waals surface area contributed by atoms with Gasteiger partial charge in [-0.15, -0.1) is 0 Å². The van der Waals surface area contributed by atoms with E-state index in [4.69, 9.17) is 16.3 Å². The molecule has 49 heavy (non-hydrogen) atoms. The molecule has 252 valence electrons. The number of H-pyrrole nitrogens is 1. The fourth-order valence-corrected chi connectivity index (χ4v) is 7.42. The number of likely N-dealkylation sites (tertiary alicyclic amines) is 1. The van der Waals surface area contributed by atoms with Crippen LogP contribution in [0.4, 0.5) is 4.39 Å². The minimum atomic E-state index is -1.01. The number of carbonyl (C=O) groups is 2. The van der Waals surface area contributed by atoms with Crippen molar-refractivity contribution in [3.8, 4) is 28.3 Å². The third-order valence-electron chi connectivity index (χ3n) is 10.1. The lowest BCUT2D eigenvalue weighted by Gasteiger charge is -2.30. The number of hydrogen-bond donors (Lipinski definition) is 2. The Morgan fingerprint density at radius 2 is 1.61 bits per heavy atom. The number of rotatable bonds is 8. The normalized spacial score (nSPS) is 15.9. The lowest BCUT2D eigenvalue weighted by Crippen LogP contribution is -2.41. The number of fused-ring (bicyclic) bond motifs is 1. The zero-order chi connectivity index (χ0) is 34.1. The van der Waals surface area contributed by atoms with E-state index in [1.807, 2.05) is 53.4 Å². The molecule has 2 N–H and O–H groups in total. The molecular formula is C40H40ClFN3O4+. The van der Waals surface area contributed by atoms with Crippen molar-refractivity contribution < 1.29 is 28.4 Å². The Bertz CT molecular complexity index is 2010. The first kappa shape index (κ1) is 32.8. The third-order valence-corrected chi connectivity index (χ3v) is 10.4. The molecule has 1 aliphatic carbocycles. The number of carboxylic acid groups (broad SMARTS) is 1. The van der Waals surface area contributed by atoms with E-state index in [9.17, 15) is 14.7 Å². The predicted octanol–water partition coefficient (Wildman–Crippen LogP) is 9.24. The molecule has 7 nitrogen and oxygen atoms in total. The standard InChI is InChI=1S/C40H39ClFN3O4/c1-25-17-19-44(20-18-25)39(46)27-9-14-33(26-7-11-30(41)12-8-26)29(21-27)24-49-32-13-15-34(35(42)23-32)38-43-36-22-28(40(47)48)10-16-37(36)45(38)31-5-3-2-4-6-31/h7-16,21-23,25,31H,2-6,17-20,24H2,1H3,(H,47,48)/p+1. The smallest absolute Gasteiger partial charge is 0.335 e. The van der Waals surface area contributed by atoms with Gasteiger partial charge in [-0.3, -0.25) is 4.79 Å². The van der Waals surface area contributed by atoms with Gasteiger partial charge in [-0.2, -0.15) is 0 Å². The highest BCUT2D eigenvalue weighted by atomic mass is 35.5. The second-order valence-corrected chi connectivity index (χ2v) is 13.9. The van der Waals surface area contributed by atoms with Crippen LogP contribution in [0.25, 0.3) is 33.5 Å². The summed E-state index contributed by atoms with van der Waals surface area (Å²) in [5, 5.41) is 10.2. The molecule has 0 unspecified atom stereocenters. The van der Waals surface area contributed by atoms with Gasteiger partial charge < -0.3 is 14.7 Å². The molecule has 1 aromatic heterocycles. The summed E-state index contributed by atoms with van der Waals surface area (Å²) >= 11 is 6.17. The van der Waals surface area contributed by atoms with Crippen LogP contribution in [-0.4, -0.2) is 40.0 Å². The third kappa shape index (κ3) is 6.92. The molecule has 4 aromatic carbocycles. The summed E-state index contributed by atoms with van der Waals surface area (Å²) in [6, 6.07) is 23.3. The Morgan fingerprint density at radius 1 is 0.898 bits per heavy atom. The molecule has 0 bridgehead atoms. The van der Waals surface area contributed by atoms with Gasteiger partial charge in [0.25, 0.3) is 11.7 Å². The first-order valence-corrected chi connectivity index (χ1v) is 17.5. The molecule has 5 aromatic rings. The quantitative estimate of drug-likeness (QED) is 0.160. The second kappa shape index (κ2) is 14.0. The highest BCUT2D eigenvalue weighted by Crippen LogP contribution is 2.33. The molecule has 1 aliphatic heterocycles. The Morgan fingerprint density at radius 3 is 2.33 bits per heavy atom. The molecule has 2 heterocycles. The van der Waals surface area contributed by atoms with Crippen LogP contribution in [0.5, 0.6) is 5.75 Å². The molecule has 2 aliphatic rings. The van der Waals surface area contributed by atoms with Gasteiger partial charge in [0, 0.05) is 35.8 Å². The summed E-state index contributed by atoms with van der Waals surface area (Å²) in [4.78, 5) is 30.4. The Kier molecular flexibility index (Phi) is 9.41. The lowest BCUT2D eigenvalue weighted by atomic mass is 9.94. The number of aromatic amines is 1. The summed E-state index contributed by atoms with van der Waals surface area (Å²) < 4.78 is 24.4. The SMILES string of the molecule is CC1CCN(C(=O)c2ccc(-c3ccc(Cl)cc3)c(COc3ccc(-c4[nH]c5cc(C(=O)O)ccc5[n+]4C4CCCCC4)c(F)c3)c2)CC1. The lowest BCUT2D eigenvalue weighted by molar-refractivity contribution is -0.690. The maximum Gasteiger partial charge on any atom is 0.335 e. The van der Waals surface area contributed by atoms with Crippen molar-refractivity contribution in [2.75, 3.05) is 13.1 Å². The van der Waals surface area contributed by atoms with Gasteiger partial charge in [0.1, 0.15) is 29.8 Å². The van der Waals surface area contributed by atoms with E-state index in [2.05, 4.69) is 16.5 Å². The Hall–Kier alpha value is -4.69. The predicted molar refractivity (Wildman–Crippen MR) is 188 cm³/mol. The average molecular weight is 681 g/mol. The molecule has 9 heteroatoms. The first-order valence-electron chi connectivity index (χ1n) is 17.2. The van der Waals surface area contributed by atoms with Crippen LogP contribution in [-0.2, 0) is 6.61 Å². The first-order chi connectivity index (χ1) is 23.7. The summed E-state index contributed by atoms with van der Waals surface area (Å²) in [6.07, 6.45) is 7.30. The van der Waals surface area contributed by atoms with Crippen LogP contribution in [0.3, 0.4) is 0 Å². The van der Waals surface area contributed by atoms with Crippen molar-refractivity contribution in [1.29, 1.82) is 0 Å². The molecule has 1 saturated carbocycles. The van der Waals surface area contributed by atoms with E-state index in [0.717, 1.165) is 73.8 Å². The number of halogens is 2. The Labute approximate surface area is 290 Å². The molecule has 0 atom stereocenters. The monoisotopic (exact) mass is 680 g/mol. The minimum Gasteiger partial charge on any atom is -0.489 e. The number of hydrogen-bond acceptors (Lipinski definition) is 3. The van der Waals surface area contributed by atoms with Crippen molar-refractivity contribution in [2.45, 2.75) is 64.5 Å². The molecule has 7 rings (SSSR count). The van der Waals surface area contributed by atoms with Crippen LogP contribution >= 0.6 is 11.6 Å². The fourth-order valence-electron chi connectivity index (χ4n) is 7.29. The van der Waals surface area contributed by atoms with E-state index in [1.54, 1.807) is 24.3 Å². The van der Waals surface area contributed by atoms with Crippen LogP contribution in [0.15, 0.2) is 78.9 Å². The molecule has 0 spiro atoms. The summed E-state index contributed by atoms with van der Waals surface area (Å²) in [7, 11) is 0. The zero-order valence-corrected chi connectivity index (χ0v) is 28.3. The van der Waals surface area contributed by atoms with E-state index < -0.39 is 11.8 Å². The van der Waals surface area contributed by atoms with Gasteiger partial charge in [-0.25, -0.2) is 18.7 Å². The molecule has 1 saturated heterocycles. The Balaban J connectivity index is 1.19. The van der Waals surface area contributed by atoms with Gasteiger partial charge in [-0.05, 0) is 110 Å². The van der Waals surface area contributed by atoms with Crippen molar-refractivity contribution in [1.82, 2.24) is 9.88 Å². The number of ether oxygens (including phenoxy) is 1. The van der Waals surface area contributed by atoms with E-state index in [1.165, 1.54) is 12.5 Å². The number of aromatic nitrogens is 2. The topological polar surface area (TPSA) is 86.5 Å². The zero-order valence-electron chi connectivity index (χ0n) is 27.6. The highest BCUT2D eigenvalue weighted by molar-refractivity contribution is 6.30. The number of carbonyl (C=O) groups excluding carboxylic acids is 1. The molecule has 1 amide bonds. The number of carboxylic acids is 1. The van der Waals surface area contributed by atoms with Gasteiger partial charge in [0.2, 0.25) is 0 Å². The van der Waals surface area contributed by atoms with Gasteiger partial charge >= 0.3 is 5.97 Å². The summed E-state index contributed by atoms with van der Waals surface area (Å²) in [5.74, 6) is 0.130. The maximum atomic E-state index is 16.1. The number of imidazole rings is 1. The number of piperidine rings is 1. The minimum absolute atomic E-state index is 0.00582. The molecule has 2 fully saturated rings. The molecule has 0 radical (unpaired) electrons. The van der Waals surface area contributed by atoms with E-state index in [-0.39, 0.29) is 24.1 Å². The van der Waals surface area contributed by atoms with Crippen LogP contribution in [0, 0.1) is 11.7 Å². The largest absolute Gasteiger partial charge is 0.489 e. The van der Waals surface area contributed by atoms with Crippen LogP contribution in [0.1, 0.15) is 84.2 Å². The van der Waals surface area contributed by atoms with Crippen molar-refractivity contribution in [3.63, 3.8) is 0 Å².